The molecule has 1 aromatic rings. The van der Waals surface area contributed by atoms with Gasteiger partial charge in [-0.2, -0.15) is 4.31 Å². The molecule has 2 rings (SSSR count). The van der Waals surface area contributed by atoms with Crippen molar-refractivity contribution in [2.75, 3.05) is 13.1 Å². The smallest absolute Gasteiger partial charge is 0.243 e. The van der Waals surface area contributed by atoms with E-state index < -0.39 is 10.0 Å². The molecule has 0 aliphatic carbocycles. The van der Waals surface area contributed by atoms with E-state index in [0.29, 0.717) is 25.1 Å². The van der Waals surface area contributed by atoms with Crippen molar-refractivity contribution in [2.24, 2.45) is 5.73 Å². The number of nitrogens with two attached hydrogens (primary N) is 1. The van der Waals surface area contributed by atoms with Gasteiger partial charge in [-0.1, -0.05) is 18.6 Å². The summed E-state index contributed by atoms with van der Waals surface area (Å²) in [5.41, 5.74) is 6.02. The zero-order valence-corrected chi connectivity index (χ0v) is 14.3. The molecule has 124 valence electrons. The standard InChI is InChI=1S/C15H22N2O3S.ClH/c1-12(18)13-5-4-7-15(11-13)21(19,20)17-10-3-2-6-14(17)8-9-16;/h4-5,7,11,14H,2-3,6,8-10,16H2,1H3;1H. The molecule has 7 heteroatoms. The van der Waals surface area contributed by atoms with Crippen molar-refractivity contribution in [2.45, 2.75) is 43.5 Å². The van der Waals surface area contributed by atoms with Crippen LogP contribution in [0.4, 0.5) is 0 Å². The summed E-state index contributed by atoms with van der Waals surface area (Å²) in [5, 5.41) is 0. The summed E-state index contributed by atoms with van der Waals surface area (Å²) in [7, 11) is -3.56. The van der Waals surface area contributed by atoms with Crippen LogP contribution in [0, 0.1) is 0 Å². The van der Waals surface area contributed by atoms with Gasteiger partial charge in [0.15, 0.2) is 5.78 Å². The Labute approximate surface area is 138 Å². The molecule has 0 aromatic heterocycles. The van der Waals surface area contributed by atoms with Crippen molar-refractivity contribution >= 4 is 28.2 Å². The van der Waals surface area contributed by atoms with E-state index in [1.54, 1.807) is 22.5 Å². The Kier molecular flexibility index (Phi) is 6.99. The summed E-state index contributed by atoms with van der Waals surface area (Å²) in [6.07, 6.45) is 3.42. The predicted octanol–water partition coefficient (Wildman–Crippen LogP) is 2.20. The van der Waals surface area contributed by atoms with Crippen LogP contribution in [0.15, 0.2) is 29.2 Å². The van der Waals surface area contributed by atoms with Crippen molar-refractivity contribution in [1.82, 2.24) is 4.31 Å². The fraction of sp³-hybridized carbons (Fsp3) is 0.533. The topological polar surface area (TPSA) is 80.5 Å². The molecular formula is C15H23ClN2O3S. The Bertz CT molecular complexity index is 617. The Morgan fingerprint density at radius 3 is 2.73 bits per heavy atom. The fourth-order valence-corrected chi connectivity index (χ4v) is 4.55. The summed E-state index contributed by atoms with van der Waals surface area (Å²) >= 11 is 0. The number of piperidine rings is 1. The van der Waals surface area contributed by atoms with E-state index in [4.69, 9.17) is 5.73 Å². The Balaban J connectivity index is 0.00000242. The van der Waals surface area contributed by atoms with Gasteiger partial charge in [0.25, 0.3) is 0 Å². The second kappa shape index (κ2) is 8.06. The minimum atomic E-state index is -3.56. The van der Waals surface area contributed by atoms with Crippen LogP contribution >= 0.6 is 12.4 Å². The van der Waals surface area contributed by atoms with Gasteiger partial charge in [-0.3, -0.25) is 4.79 Å². The van der Waals surface area contributed by atoms with Crippen LogP contribution in [0.2, 0.25) is 0 Å². The first-order valence-electron chi connectivity index (χ1n) is 7.29. The molecule has 0 radical (unpaired) electrons. The van der Waals surface area contributed by atoms with Crippen LogP contribution in [0.3, 0.4) is 0 Å². The van der Waals surface area contributed by atoms with Gasteiger partial charge in [0.05, 0.1) is 4.90 Å². The number of nitrogens with zero attached hydrogens (tertiary/aromatic N) is 1. The van der Waals surface area contributed by atoms with E-state index in [-0.39, 0.29) is 29.1 Å². The average Bonchev–Trinajstić information content (AvgIpc) is 2.48. The highest BCUT2D eigenvalue weighted by Gasteiger charge is 2.33. The lowest BCUT2D eigenvalue weighted by Gasteiger charge is -2.34. The highest BCUT2D eigenvalue weighted by atomic mass is 35.5. The van der Waals surface area contributed by atoms with Crippen molar-refractivity contribution in [1.29, 1.82) is 0 Å². The van der Waals surface area contributed by atoms with Gasteiger partial charge in [0, 0.05) is 18.2 Å². The van der Waals surface area contributed by atoms with Crippen LogP contribution in [0.25, 0.3) is 0 Å². The third kappa shape index (κ3) is 4.07. The molecule has 1 atom stereocenters. The molecule has 0 spiro atoms. The summed E-state index contributed by atoms with van der Waals surface area (Å²) < 4.78 is 27.2. The minimum Gasteiger partial charge on any atom is -0.330 e. The van der Waals surface area contributed by atoms with Gasteiger partial charge in [0.2, 0.25) is 10.0 Å². The molecule has 2 N–H and O–H groups in total. The summed E-state index contributed by atoms with van der Waals surface area (Å²) in [6.45, 7) is 2.44. The molecule has 1 unspecified atom stereocenters. The van der Waals surface area contributed by atoms with Crippen LogP contribution in [0.5, 0.6) is 0 Å². The van der Waals surface area contributed by atoms with Crippen molar-refractivity contribution < 1.29 is 13.2 Å². The molecular weight excluding hydrogens is 324 g/mol. The number of hydrogen-bond acceptors (Lipinski definition) is 4. The molecule has 0 bridgehead atoms. The SMILES string of the molecule is CC(=O)c1cccc(S(=O)(=O)N2CCCCC2CCN)c1.Cl. The monoisotopic (exact) mass is 346 g/mol. The van der Waals surface area contributed by atoms with Gasteiger partial charge in [0.1, 0.15) is 0 Å². The van der Waals surface area contributed by atoms with Gasteiger partial charge >= 0.3 is 0 Å². The third-order valence-corrected chi connectivity index (χ3v) is 5.87. The Morgan fingerprint density at radius 2 is 2.09 bits per heavy atom. The van der Waals surface area contributed by atoms with Gasteiger partial charge in [-0.25, -0.2) is 8.42 Å². The lowest BCUT2D eigenvalue weighted by molar-refractivity contribution is 0.101. The summed E-state index contributed by atoms with van der Waals surface area (Å²) in [5.74, 6) is -0.135. The fourth-order valence-electron chi connectivity index (χ4n) is 2.78. The molecule has 5 nitrogen and oxygen atoms in total. The minimum absolute atomic E-state index is 0. The number of sulfonamides is 1. The maximum absolute atomic E-state index is 12.8. The van der Waals surface area contributed by atoms with Crippen molar-refractivity contribution in [3.05, 3.63) is 29.8 Å². The largest absolute Gasteiger partial charge is 0.330 e. The first-order chi connectivity index (χ1) is 9.96. The number of benzene rings is 1. The zero-order chi connectivity index (χ0) is 15.5. The molecule has 1 aliphatic rings. The van der Waals surface area contributed by atoms with Crippen molar-refractivity contribution in [3.8, 4) is 0 Å². The zero-order valence-electron chi connectivity index (χ0n) is 12.7. The van der Waals surface area contributed by atoms with Gasteiger partial charge in [-0.15, -0.1) is 12.4 Å². The van der Waals surface area contributed by atoms with Gasteiger partial charge in [-0.05, 0) is 44.9 Å². The number of ketones is 1. The highest BCUT2D eigenvalue weighted by Crippen LogP contribution is 2.27. The Hall–Kier alpha value is -0.950. The lowest BCUT2D eigenvalue weighted by atomic mass is 10.0. The summed E-state index contributed by atoms with van der Waals surface area (Å²) in [4.78, 5) is 11.6. The Morgan fingerprint density at radius 1 is 1.36 bits per heavy atom. The maximum atomic E-state index is 12.8. The second-order valence-electron chi connectivity index (χ2n) is 5.43. The van der Waals surface area contributed by atoms with E-state index in [1.807, 2.05) is 0 Å². The van der Waals surface area contributed by atoms with Crippen LogP contribution in [-0.4, -0.2) is 37.6 Å². The molecule has 0 amide bonds. The number of rotatable bonds is 5. The van der Waals surface area contributed by atoms with Crippen LogP contribution in [0.1, 0.15) is 43.0 Å². The number of halogens is 1. The predicted molar refractivity (Wildman–Crippen MR) is 88.9 cm³/mol. The molecule has 1 aromatic carbocycles. The van der Waals surface area contributed by atoms with E-state index in [0.717, 1.165) is 19.3 Å². The van der Waals surface area contributed by atoms with E-state index in [9.17, 15) is 13.2 Å². The molecule has 1 saturated heterocycles. The van der Waals surface area contributed by atoms with Crippen molar-refractivity contribution in [3.63, 3.8) is 0 Å². The number of Topliss-reactive ketones (excluding diaryl/α,β-unsaturated/α-hetero) is 1. The first kappa shape index (κ1) is 19.1. The molecule has 0 saturated carbocycles. The lowest BCUT2D eigenvalue weighted by Crippen LogP contribution is -2.44. The van der Waals surface area contributed by atoms with E-state index >= 15 is 0 Å². The number of carbonyl (C=O) groups excluding carboxylic acids is 1. The van der Waals surface area contributed by atoms with E-state index in [2.05, 4.69) is 0 Å². The average molecular weight is 347 g/mol. The summed E-state index contributed by atoms with van der Waals surface area (Å²) in [6, 6.07) is 6.23. The first-order valence-corrected chi connectivity index (χ1v) is 8.73. The second-order valence-corrected chi connectivity index (χ2v) is 7.32. The molecule has 1 heterocycles. The normalized spacial score (nSPS) is 19.5. The molecule has 1 fully saturated rings. The van der Waals surface area contributed by atoms with Gasteiger partial charge < -0.3 is 5.73 Å². The molecule has 22 heavy (non-hydrogen) atoms. The molecule has 1 aliphatic heterocycles. The highest BCUT2D eigenvalue weighted by molar-refractivity contribution is 7.89. The quantitative estimate of drug-likeness (QED) is 0.829. The van der Waals surface area contributed by atoms with Crippen LogP contribution in [-0.2, 0) is 10.0 Å². The van der Waals surface area contributed by atoms with E-state index in [1.165, 1.54) is 13.0 Å². The number of hydrogen-bond donors (Lipinski definition) is 1. The third-order valence-electron chi connectivity index (χ3n) is 3.92. The number of carbonyl (C=O) groups is 1. The van der Waals surface area contributed by atoms with Crippen LogP contribution < -0.4 is 5.73 Å². The maximum Gasteiger partial charge on any atom is 0.243 e.